The molecule has 1 heterocycles. The highest BCUT2D eigenvalue weighted by Gasteiger charge is 2.30. The molecule has 1 saturated carbocycles. The molecule has 2 N–H and O–H groups in total. The minimum absolute atomic E-state index is 0.0706. The Morgan fingerprint density at radius 2 is 1.72 bits per heavy atom. The summed E-state index contributed by atoms with van der Waals surface area (Å²) in [6.07, 6.45) is 10.5. The molecule has 1 fully saturated rings. The Balaban J connectivity index is 1.30. The standard InChI is InChI=1S/C31H32N4O4/c1-20-9-7-8-12-26(19-27(20)33-29(36)22-13-14-22)39-25-17-15-23(16-18-25)32-30(37)28-21(2)34(3)35(31(28)38)24-10-5-4-6-11-24/h4-8,10-12,15-20,22H,9,13-14H2,1-3H3,(H,32,37)(H,33,36). The predicted molar refractivity (Wildman–Crippen MR) is 151 cm³/mol. The number of rotatable bonds is 7. The lowest BCUT2D eigenvalue weighted by Crippen LogP contribution is -2.28. The van der Waals surface area contributed by atoms with Crippen molar-refractivity contribution in [1.82, 2.24) is 14.7 Å². The van der Waals surface area contributed by atoms with Gasteiger partial charge in [0, 0.05) is 30.4 Å². The number of hydrogen-bond acceptors (Lipinski definition) is 4. The van der Waals surface area contributed by atoms with E-state index in [9.17, 15) is 14.4 Å². The van der Waals surface area contributed by atoms with E-state index >= 15 is 0 Å². The summed E-state index contributed by atoms with van der Waals surface area (Å²) in [7, 11) is 1.75. The van der Waals surface area contributed by atoms with Crippen LogP contribution in [0.15, 0.2) is 95.2 Å². The number of nitrogens with one attached hydrogen (secondary N) is 2. The molecule has 2 amide bonds. The molecule has 0 spiro atoms. The minimum atomic E-state index is -0.475. The van der Waals surface area contributed by atoms with Crippen molar-refractivity contribution < 1.29 is 14.3 Å². The zero-order valence-corrected chi connectivity index (χ0v) is 22.3. The van der Waals surface area contributed by atoms with E-state index in [0.717, 1.165) is 25.0 Å². The number of carbonyl (C=O) groups excluding carboxylic acids is 2. The van der Waals surface area contributed by atoms with Gasteiger partial charge >= 0.3 is 0 Å². The average Bonchev–Trinajstić information content (AvgIpc) is 3.74. The molecule has 0 radical (unpaired) electrons. The number of aromatic nitrogens is 2. The second kappa shape index (κ2) is 11.0. The molecule has 2 aromatic carbocycles. The third kappa shape index (κ3) is 5.80. The molecule has 0 bridgehead atoms. The van der Waals surface area contributed by atoms with Crippen molar-refractivity contribution in [3.05, 3.63) is 112 Å². The van der Waals surface area contributed by atoms with E-state index in [2.05, 4.69) is 23.6 Å². The van der Waals surface area contributed by atoms with Gasteiger partial charge in [-0.3, -0.25) is 19.1 Å². The molecule has 1 aromatic heterocycles. The highest BCUT2D eigenvalue weighted by atomic mass is 16.5. The van der Waals surface area contributed by atoms with Crippen molar-refractivity contribution >= 4 is 17.5 Å². The number of carbonyl (C=O) groups is 2. The minimum Gasteiger partial charge on any atom is -0.457 e. The van der Waals surface area contributed by atoms with E-state index in [4.69, 9.17) is 4.74 Å². The molecule has 8 heteroatoms. The number of allylic oxidation sites excluding steroid dienone is 5. The van der Waals surface area contributed by atoms with Crippen LogP contribution in [0.25, 0.3) is 5.69 Å². The maximum absolute atomic E-state index is 13.1. The van der Waals surface area contributed by atoms with Gasteiger partial charge in [-0.25, -0.2) is 4.68 Å². The smallest absolute Gasteiger partial charge is 0.284 e. The van der Waals surface area contributed by atoms with Crippen molar-refractivity contribution in [2.24, 2.45) is 18.9 Å². The summed E-state index contributed by atoms with van der Waals surface area (Å²) in [6, 6.07) is 16.2. The summed E-state index contributed by atoms with van der Waals surface area (Å²) in [5.41, 5.74) is 2.34. The Morgan fingerprint density at radius 1 is 1.00 bits per heavy atom. The Bertz CT molecular complexity index is 1540. The van der Waals surface area contributed by atoms with E-state index in [0.29, 0.717) is 28.6 Å². The van der Waals surface area contributed by atoms with Crippen molar-refractivity contribution in [1.29, 1.82) is 0 Å². The lowest BCUT2D eigenvalue weighted by Gasteiger charge is -2.18. The zero-order chi connectivity index (χ0) is 27.5. The van der Waals surface area contributed by atoms with Gasteiger partial charge in [-0.1, -0.05) is 37.3 Å². The molecular weight excluding hydrogens is 492 g/mol. The third-order valence-corrected chi connectivity index (χ3v) is 7.06. The lowest BCUT2D eigenvalue weighted by molar-refractivity contribution is -0.121. The topological polar surface area (TPSA) is 94.4 Å². The van der Waals surface area contributed by atoms with Crippen LogP contribution in [0, 0.1) is 18.8 Å². The van der Waals surface area contributed by atoms with E-state index in [1.165, 1.54) is 4.68 Å². The van der Waals surface area contributed by atoms with Gasteiger partial charge in [0.2, 0.25) is 5.91 Å². The molecule has 0 aliphatic heterocycles. The van der Waals surface area contributed by atoms with Gasteiger partial charge in [-0.2, -0.15) is 0 Å². The lowest BCUT2D eigenvalue weighted by atomic mass is 10.0. The average molecular weight is 525 g/mol. The second-order valence-electron chi connectivity index (χ2n) is 10.0. The summed E-state index contributed by atoms with van der Waals surface area (Å²) < 4.78 is 9.25. The SMILES string of the molecule is Cc1c(C(=O)Nc2ccc(OC3=CC=CCC(C)C(NC(=O)C4CC4)=C3)cc2)c(=O)n(-c2ccccc2)n1C. The summed E-state index contributed by atoms with van der Waals surface area (Å²) in [6.45, 7) is 3.83. The third-order valence-electron chi connectivity index (χ3n) is 7.06. The normalized spacial score (nSPS) is 16.9. The van der Waals surface area contributed by atoms with Gasteiger partial charge in [0.1, 0.15) is 17.1 Å². The van der Waals surface area contributed by atoms with Gasteiger partial charge in [0.05, 0.1) is 11.4 Å². The van der Waals surface area contributed by atoms with Crippen LogP contribution in [0.4, 0.5) is 5.69 Å². The molecule has 0 saturated heterocycles. The number of para-hydroxylation sites is 1. The van der Waals surface area contributed by atoms with Gasteiger partial charge < -0.3 is 15.4 Å². The Morgan fingerprint density at radius 3 is 2.41 bits per heavy atom. The predicted octanol–water partition coefficient (Wildman–Crippen LogP) is 5.01. The van der Waals surface area contributed by atoms with Crippen molar-refractivity contribution in [2.45, 2.75) is 33.1 Å². The zero-order valence-electron chi connectivity index (χ0n) is 22.3. The number of hydrogen-bond donors (Lipinski definition) is 2. The Kier molecular flexibility index (Phi) is 7.36. The highest BCUT2D eigenvalue weighted by molar-refractivity contribution is 6.05. The van der Waals surface area contributed by atoms with E-state index < -0.39 is 5.91 Å². The van der Waals surface area contributed by atoms with Gasteiger partial charge in [-0.15, -0.1) is 0 Å². The first-order valence-corrected chi connectivity index (χ1v) is 13.1. The number of ether oxygens (including phenoxy) is 1. The summed E-state index contributed by atoms with van der Waals surface area (Å²) >= 11 is 0. The van der Waals surface area contributed by atoms with Crippen molar-refractivity contribution in [3.8, 4) is 11.4 Å². The van der Waals surface area contributed by atoms with E-state index in [-0.39, 0.29) is 28.9 Å². The first-order valence-electron chi connectivity index (χ1n) is 13.1. The van der Waals surface area contributed by atoms with Crippen LogP contribution in [0.2, 0.25) is 0 Å². The molecule has 1 unspecified atom stereocenters. The molecule has 3 aromatic rings. The first-order chi connectivity index (χ1) is 18.8. The van der Waals surface area contributed by atoms with Crippen molar-refractivity contribution in [2.75, 3.05) is 5.32 Å². The van der Waals surface area contributed by atoms with E-state index in [1.807, 2.05) is 48.6 Å². The molecular formula is C31H32N4O4. The molecule has 39 heavy (non-hydrogen) atoms. The van der Waals surface area contributed by atoms with Crippen LogP contribution in [-0.4, -0.2) is 21.2 Å². The molecule has 2 aliphatic rings. The first kappa shape index (κ1) is 26.0. The van der Waals surface area contributed by atoms with Gasteiger partial charge in [-0.05, 0) is 74.6 Å². The quantitative estimate of drug-likeness (QED) is 0.455. The fourth-order valence-corrected chi connectivity index (χ4v) is 4.49. The number of amides is 2. The van der Waals surface area contributed by atoms with Crippen LogP contribution in [0.1, 0.15) is 42.2 Å². The van der Waals surface area contributed by atoms with Crippen LogP contribution >= 0.6 is 0 Å². The number of benzene rings is 2. The van der Waals surface area contributed by atoms with Crippen LogP contribution in [0.5, 0.6) is 5.75 Å². The summed E-state index contributed by atoms with van der Waals surface area (Å²) in [5, 5.41) is 5.90. The largest absolute Gasteiger partial charge is 0.457 e. The maximum Gasteiger partial charge on any atom is 0.284 e. The van der Waals surface area contributed by atoms with Crippen molar-refractivity contribution in [3.63, 3.8) is 0 Å². The summed E-state index contributed by atoms with van der Waals surface area (Å²) in [4.78, 5) is 38.6. The number of anilines is 1. The van der Waals surface area contributed by atoms with E-state index in [1.54, 1.807) is 42.9 Å². The monoisotopic (exact) mass is 524 g/mol. The fourth-order valence-electron chi connectivity index (χ4n) is 4.49. The molecule has 2 aliphatic carbocycles. The summed E-state index contributed by atoms with van der Waals surface area (Å²) in [5.74, 6) is 1.05. The second-order valence-corrected chi connectivity index (χ2v) is 10.0. The van der Waals surface area contributed by atoms with Crippen LogP contribution in [0.3, 0.4) is 0 Å². The Labute approximate surface area is 227 Å². The van der Waals surface area contributed by atoms with Gasteiger partial charge in [0.15, 0.2) is 0 Å². The van der Waals surface area contributed by atoms with Gasteiger partial charge in [0.25, 0.3) is 11.5 Å². The van der Waals surface area contributed by atoms with Crippen LogP contribution < -0.4 is 20.9 Å². The Hall–Kier alpha value is -4.59. The molecule has 5 rings (SSSR count). The number of nitrogens with zero attached hydrogens (tertiary/aromatic N) is 2. The molecule has 200 valence electrons. The molecule has 8 nitrogen and oxygen atoms in total. The van der Waals surface area contributed by atoms with Crippen LogP contribution in [-0.2, 0) is 11.8 Å². The fraction of sp³-hybridized carbons (Fsp3) is 0.258. The molecule has 1 atom stereocenters. The highest BCUT2D eigenvalue weighted by Crippen LogP contribution is 2.30. The maximum atomic E-state index is 13.1.